The number of hydrogen-bond donors (Lipinski definition) is 1. The fraction of sp³-hybridized carbons (Fsp3) is 0.316. The van der Waals surface area contributed by atoms with E-state index < -0.39 is 27.1 Å². The molecular weight excluding hydrogens is 340 g/mol. The van der Waals surface area contributed by atoms with Gasteiger partial charge in [-0.2, -0.15) is 8.42 Å². The normalized spacial score (nSPS) is 14.7. The number of aryl methyl sites for hydroxylation is 1. The Morgan fingerprint density at radius 1 is 0.960 bits per heavy atom. The van der Waals surface area contributed by atoms with Crippen molar-refractivity contribution in [2.24, 2.45) is 5.41 Å². The molecule has 0 radical (unpaired) electrons. The largest absolute Gasteiger partial charge is 0.479 e. The molecule has 0 aliphatic carbocycles. The van der Waals surface area contributed by atoms with E-state index in [0.717, 1.165) is 5.56 Å². The van der Waals surface area contributed by atoms with Crippen molar-refractivity contribution in [2.75, 3.05) is 0 Å². The van der Waals surface area contributed by atoms with E-state index >= 15 is 0 Å². The molecule has 1 unspecified atom stereocenters. The van der Waals surface area contributed by atoms with Crippen LogP contribution in [0.4, 0.5) is 0 Å². The van der Waals surface area contributed by atoms with Gasteiger partial charge in [0.15, 0.2) is 0 Å². The Balaban J connectivity index is 2.65. The van der Waals surface area contributed by atoms with Crippen molar-refractivity contribution >= 4 is 16.1 Å². The molecule has 25 heavy (non-hydrogen) atoms. The van der Waals surface area contributed by atoms with Gasteiger partial charge < -0.3 is 5.11 Å². The van der Waals surface area contributed by atoms with Crippen LogP contribution in [-0.4, -0.2) is 19.5 Å². The first-order chi connectivity index (χ1) is 11.5. The molecule has 0 aromatic heterocycles. The average molecular weight is 362 g/mol. The van der Waals surface area contributed by atoms with Gasteiger partial charge in [0, 0.05) is 5.41 Å². The number of carboxylic acids is 1. The molecule has 5 nitrogen and oxygen atoms in total. The Morgan fingerprint density at radius 2 is 1.48 bits per heavy atom. The van der Waals surface area contributed by atoms with Crippen LogP contribution in [0.3, 0.4) is 0 Å². The number of hydrogen-bond acceptors (Lipinski definition) is 4. The second-order valence-electron chi connectivity index (χ2n) is 6.95. The third-order valence-corrected chi connectivity index (χ3v) is 5.40. The summed E-state index contributed by atoms with van der Waals surface area (Å²) in [7, 11) is -4.29. The lowest BCUT2D eigenvalue weighted by Gasteiger charge is -2.40. The van der Waals surface area contributed by atoms with E-state index in [0.29, 0.717) is 0 Å². The smallest absolute Gasteiger partial charge is 0.342 e. The van der Waals surface area contributed by atoms with Crippen LogP contribution in [0.25, 0.3) is 0 Å². The topological polar surface area (TPSA) is 80.7 Å². The number of benzene rings is 2. The molecule has 0 saturated carbocycles. The molecular formula is C19H22O5S. The van der Waals surface area contributed by atoms with Crippen molar-refractivity contribution in [1.29, 1.82) is 0 Å². The maximum absolute atomic E-state index is 12.8. The molecule has 6 heteroatoms. The molecule has 0 bridgehead atoms. The second-order valence-corrected chi connectivity index (χ2v) is 8.50. The second kappa shape index (κ2) is 6.61. The molecule has 0 aliphatic rings. The lowest BCUT2D eigenvalue weighted by molar-refractivity contribution is -0.167. The summed E-state index contributed by atoms with van der Waals surface area (Å²) in [6, 6.07) is 14.2. The molecule has 0 aliphatic heterocycles. The molecule has 0 saturated heterocycles. The Kier molecular flexibility index (Phi) is 5.06. The lowest BCUT2D eigenvalue weighted by Crippen LogP contribution is -2.50. The van der Waals surface area contributed by atoms with Gasteiger partial charge in [-0.1, -0.05) is 68.8 Å². The quantitative estimate of drug-likeness (QED) is 0.820. The first-order valence-corrected chi connectivity index (χ1v) is 9.23. The van der Waals surface area contributed by atoms with E-state index in [1.54, 1.807) is 63.2 Å². The van der Waals surface area contributed by atoms with Gasteiger partial charge in [-0.05, 0) is 24.6 Å². The van der Waals surface area contributed by atoms with Gasteiger partial charge in [0.05, 0.1) is 4.90 Å². The number of carbonyl (C=O) groups is 1. The fourth-order valence-corrected chi connectivity index (χ4v) is 3.99. The van der Waals surface area contributed by atoms with E-state index in [1.807, 2.05) is 6.92 Å². The van der Waals surface area contributed by atoms with Crippen LogP contribution in [0.15, 0.2) is 59.5 Å². The van der Waals surface area contributed by atoms with Crippen LogP contribution >= 0.6 is 0 Å². The van der Waals surface area contributed by atoms with Crippen LogP contribution in [0.1, 0.15) is 31.9 Å². The summed E-state index contributed by atoms with van der Waals surface area (Å²) in [6.45, 7) is 6.74. The first-order valence-electron chi connectivity index (χ1n) is 7.82. The number of carboxylic acid groups (broad SMARTS) is 1. The summed E-state index contributed by atoms with van der Waals surface area (Å²) in [5, 5.41) is 9.98. The molecule has 2 rings (SSSR count). The van der Waals surface area contributed by atoms with Crippen molar-refractivity contribution in [2.45, 2.75) is 38.2 Å². The minimum atomic E-state index is -4.29. The summed E-state index contributed by atoms with van der Waals surface area (Å²) in [6.07, 6.45) is 0. The highest BCUT2D eigenvalue weighted by molar-refractivity contribution is 7.86. The summed E-state index contributed by atoms with van der Waals surface area (Å²) >= 11 is 0. The van der Waals surface area contributed by atoms with Crippen molar-refractivity contribution in [3.63, 3.8) is 0 Å². The van der Waals surface area contributed by atoms with Crippen molar-refractivity contribution < 1.29 is 22.5 Å². The zero-order valence-electron chi connectivity index (χ0n) is 14.7. The van der Waals surface area contributed by atoms with E-state index in [1.165, 1.54) is 12.1 Å². The molecule has 1 N–H and O–H groups in total. The Bertz CT molecular complexity index is 849. The number of aliphatic carboxylic acids is 1. The first kappa shape index (κ1) is 19.1. The van der Waals surface area contributed by atoms with E-state index in [9.17, 15) is 18.3 Å². The molecule has 2 aromatic rings. The van der Waals surface area contributed by atoms with Crippen LogP contribution < -0.4 is 0 Å². The van der Waals surface area contributed by atoms with Gasteiger partial charge >= 0.3 is 5.97 Å². The molecule has 134 valence electrons. The van der Waals surface area contributed by atoms with Crippen LogP contribution in [0.5, 0.6) is 0 Å². The monoisotopic (exact) mass is 362 g/mol. The van der Waals surface area contributed by atoms with Crippen LogP contribution in [-0.2, 0) is 24.7 Å². The molecule has 0 amide bonds. The summed E-state index contributed by atoms with van der Waals surface area (Å²) < 4.78 is 31.0. The van der Waals surface area contributed by atoms with E-state index in [2.05, 4.69) is 0 Å². The van der Waals surface area contributed by atoms with E-state index in [4.69, 9.17) is 4.18 Å². The maximum Gasteiger partial charge on any atom is 0.342 e. The van der Waals surface area contributed by atoms with Gasteiger partial charge in [-0.15, -0.1) is 0 Å². The highest BCUT2D eigenvalue weighted by Crippen LogP contribution is 2.45. The Labute approximate surface area is 148 Å². The van der Waals surface area contributed by atoms with Gasteiger partial charge in [-0.3, -0.25) is 0 Å². The van der Waals surface area contributed by atoms with Gasteiger partial charge in [0.2, 0.25) is 5.60 Å². The summed E-state index contributed by atoms with van der Waals surface area (Å²) in [5.41, 5.74) is -1.93. The highest BCUT2D eigenvalue weighted by atomic mass is 32.2. The van der Waals surface area contributed by atoms with Gasteiger partial charge in [0.1, 0.15) is 0 Å². The van der Waals surface area contributed by atoms with Crippen molar-refractivity contribution in [3.8, 4) is 0 Å². The maximum atomic E-state index is 12.8. The zero-order chi connectivity index (χ0) is 18.9. The summed E-state index contributed by atoms with van der Waals surface area (Å²) in [4.78, 5) is 12.2. The minimum Gasteiger partial charge on any atom is -0.479 e. The average Bonchev–Trinajstić information content (AvgIpc) is 2.52. The molecule has 0 heterocycles. The van der Waals surface area contributed by atoms with Crippen molar-refractivity contribution in [3.05, 3.63) is 65.7 Å². The lowest BCUT2D eigenvalue weighted by atomic mass is 9.72. The van der Waals surface area contributed by atoms with Crippen LogP contribution in [0.2, 0.25) is 0 Å². The predicted molar refractivity (Wildman–Crippen MR) is 94.7 cm³/mol. The standard InChI is InChI=1S/C19H22O5S/c1-14-10-12-16(13-11-14)25(22,23)24-19(17(20)21,18(2,3)4)15-8-6-5-7-9-15/h5-13H,1-4H3,(H,20,21). The minimum absolute atomic E-state index is 0.0797. The fourth-order valence-electron chi connectivity index (χ4n) is 2.68. The molecule has 0 fully saturated rings. The van der Waals surface area contributed by atoms with Crippen molar-refractivity contribution in [1.82, 2.24) is 0 Å². The SMILES string of the molecule is Cc1ccc(S(=O)(=O)OC(C(=O)O)(c2ccccc2)C(C)(C)C)cc1. The third-order valence-electron chi connectivity index (χ3n) is 4.08. The number of rotatable bonds is 5. The third kappa shape index (κ3) is 3.60. The highest BCUT2D eigenvalue weighted by Gasteiger charge is 2.55. The van der Waals surface area contributed by atoms with Gasteiger partial charge in [-0.25, -0.2) is 8.98 Å². The van der Waals surface area contributed by atoms with Crippen LogP contribution in [0, 0.1) is 12.3 Å². The van der Waals surface area contributed by atoms with Gasteiger partial charge in [0.25, 0.3) is 10.1 Å². The zero-order valence-corrected chi connectivity index (χ0v) is 15.5. The van der Waals surface area contributed by atoms with E-state index in [-0.39, 0.29) is 10.5 Å². The summed E-state index contributed by atoms with van der Waals surface area (Å²) in [5.74, 6) is -1.36. The molecule has 1 atom stereocenters. The predicted octanol–water partition coefficient (Wildman–Crippen LogP) is 3.73. The Morgan fingerprint density at radius 3 is 1.92 bits per heavy atom. The Hall–Kier alpha value is -2.18. The molecule has 0 spiro atoms. The molecule has 2 aromatic carbocycles.